The number of aliphatic hydroxyl groups is 1. The molecule has 1 aromatic rings. The monoisotopic (exact) mass is 230 g/mol. The molecule has 2 aliphatic carbocycles. The molecule has 0 heterocycles. The summed E-state index contributed by atoms with van der Waals surface area (Å²) in [6.45, 7) is 2.22. The van der Waals surface area contributed by atoms with E-state index in [2.05, 4.69) is 25.1 Å². The van der Waals surface area contributed by atoms with Gasteiger partial charge in [-0.1, -0.05) is 37.5 Å². The second kappa shape index (κ2) is 4.13. The zero-order valence-electron chi connectivity index (χ0n) is 10.7. The van der Waals surface area contributed by atoms with Crippen LogP contribution in [0.4, 0.5) is 0 Å². The van der Waals surface area contributed by atoms with Crippen molar-refractivity contribution in [2.24, 2.45) is 0 Å². The summed E-state index contributed by atoms with van der Waals surface area (Å²) in [5, 5.41) is 10.6. The standard InChI is InChI=1S/C16H22O/c1-12-6-5-7-13-8-9-14(17)16(15(12)13)10-3-2-4-11-16/h5-7,14,17H,2-4,8-11H2,1H3. The minimum absolute atomic E-state index is 0.0944. The van der Waals surface area contributed by atoms with E-state index in [1.165, 1.54) is 48.8 Å². The Morgan fingerprint density at radius 2 is 1.94 bits per heavy atom. The van der Waals surface area contributed by atoms with Crippen LogP contribution in [0.1, 0.15) is 55.2 Å². The number of hydrogen-bond acceptors (Lipinski definition) is 1. The zero-order chi connectivity index (χ0) is 11.9. The van der Waals surface area contributed by atoms with Crippen molar-refractivity contribution in [3.05, 3.63) is 34.9 Å². The van der Waals surface area contributed by atoms with Gasteiger partial charge in [-0.25, -0.2) is 0 Å². The Bertz CT molecular complexity index is 416. The first-order chi connectivity index (χ1) is 8.24. The maximum atomic E-state index is 10.6. The van der Waals surface area contributed by atoms with Crippen LogP contribution in [0.25, 0.3) is 0 Å². The summed E-state index contributed by atoms with van der Waals surface area (Å²) in [7, 11) is 0. The first kappa shape index (κ1) is 11.3. The molecule has 1 unspecified atom stereocenters. The molecule has 1 nitrogen and oxygen atoms in total. The molecule has 0 bridgehead atoms. The van der Waals surface area contributed by atoms with Crippen molar-refractivity contribution >= 4 is 0 Å². The summed E-state index contributed by atoms with van der Waals surface area (Å²) in [5.41, 5.74) is 4.48. The molecule has 1 heteroatoms. The molecule has 1 spiro atoms. The van der Waals surface area contributed by atoms with E-state index >= 15 is 0 Å². The molecule has 0 aromatic heterocycles. The highest BCUT2D eigenvalue weighted by Gasteiger charge is 2.44. The van der Waals surface area contributed by atoms with Crippen molar-refractivity contribution in [2.45, 2.75) is 63.4 Å². The number of benzene rings is 1. The van der Waals surface area contributed by atoms with E-state index in [0.29, 0.717) is 0 Å². The average molecular weight is 230 g/mol. The van der Waals surface area contributed by atoms with Gasteiger partial charge in [-0.3, -0.25) is 0 Å². The number of aliphatic hydroxyl groups excluding tert-OH is 1. The van der Waals surface area contributed by atoms with Gasteiger partial charge in [0.1, 0.15) is 0 Å². The number of hydrogen-bond donors (Lipinski definition) is 1. The summed E-state index contributed by atoms with van der Waals surface area (Å²) in [6, 6.07) is 6.65. The summed E-state index contributed by atoms with van der Waals surface area (Å²) in [4.78, 5) is 0. The summed E-state index contributed by atoms with van der Waals surface area (Å²) in [6.07, 6.45) is 8.18. The number of fused-ring (bicyclic) bond motifs is 2. The average Bonchev–Trinajstić information content (AvgIpc) is 2.35. The van der Waals surface area contributed by atoms with Gasteiger partial charge >= 0.3 is 0 Å². The highest BCUT2D eigenvalue weighted by molar-refractivity contribution is 5.44. The lowest BCUT2D eigenvalue weighted by Crippen LogP contribution is -2.45. The third-order valence-electron chi connectivity index (χ3n) is 4.93. The van der Waals surface area contributed by atoms with Crippen molar-refractivity contribution in [2.75, 3.05) is 0 Å². The van der Waals surface area contributed by atoms with E-state index in [9.17, 15) is 5.11 Å². The minimum atomic E-state index is -0.114. The lowest BCUT2D eigenvalue weighted by Gasteiger charge is -2.46. The van der Waals surface area contributed by atoms with Gasteiger partial charge in [0.25, 0.3) is 0 Å². The Morgan fingerprint density at radius 3 is 2.71 bits per heavy atom. The van der Waals surface area contributed by atoms with Gasteiger partial charge < -0.3 is 5.11 Å². The predicted octanol–water partition coefficient (Wildman–Crippen LogP) is 3.50. The van der Waals surface area contributed by atoms with E-state index in [4.69, 9.17) is 0 Å². The van der Waals surface area contributed by atoms with Gasteiger partial charge in [0.05, 0.1) is 6.10 Å². The number of rotatable bonds is 0. The van der Waals surface area contributed by atoms with Crippen LogP contribution in [0, 0.1) is 6.92 Å². The van der Waals surface area contributed by atoms with Crippen LogP contribution >= 0.6 is 0 Å². The van der Waals surface area contributed by atoms with Crippen molar-refractivity contribution in [1.82, 2.24) is 0 Å². The predicted molar refractivity (Wildman–Crippen MR) is 70.3 cm³/mol. The Morgan fingerprint density at radius 1 is 1.18 bits per heavy atom. The van der Waals surface area contributed by atoms with Crippen molar-refractivity contribution < 1.29 is 5.11 Å². The second-order valence-electron chi connectivity index (χ2n) is 5.88. The molecular weight excluding hydrogens is 208 g/mol. The largest absolute Gasteiger partial charge is 0.392 e. The van der Waals surface area contributed by atoms with Gasteiger partial charge in [0.2, 0.25) is 0 Å². The Labute approximate surface area is 104 Å². The van der Waals surface area contributed by atoms with Gasteiger partial charge in [0, 0.05) is 5.41 Å². The minimum Gasteiger partial charge on any atom is -0.392 e. The van der Waals surface area contributed by atoms with Gasteiger partial charge in [-0.15, -0.1) is 0 Å². The number of aryl methyl sites for hydroxylation is 2. The van der Waals surface area contributed by atoms with E-state index in [-0.39, 0.29) is 11.5 Å². The van der Waals surface area contributed by atoms with Crippen LogP contribution in [0.15, 0.2) is 18.2 Å². The summed E-state index contributed by atoms with van der Waals surface area (Å²) in [5.74, 6) is 0. The van der Waals surface area contributed by atoms with Crippen LogP contribution in [0.5, 0.6) is 0 Å². The fourth-order valence-corrected chi connectivity index (χ4v) is 4.15. The van der Waals surface area contributed by atoms with E-state index in [1.54, 1.807) is 0 Å². The van der Waals surface area contributed by atoms with Crippen molar-refractivity contribution in [3.63, 3.8) is 0 Å². The van der Waals surface area contributed by atoms with Crippen molar-refractivity contribution in [1.29, 1.82) is 0 Å². The molecule has 3 rings (SSSR count). The van der Waals surface area contributed by atoms with Crippen LogP contribution < -0.4 is 0 Å². The second-order valence-corrected chi connectivity index (χ2v) is 5.88. The molecule has 0 amide bonds. The molecule has 1 fully saturated rings. The quantitative estimate of drug-likeness (QED) is 0.723. The molecule has 2 aliphatic rings. The summed E-state index contributed by atoms with van der Waals surface area (Å²) >= 11 is 0. The topological polar surface area (TPSA) is 20.2 Å². The Kier molecular flexibility index (Phi) is 2.74. The SMILES string of the molecule is Cc1cccc2c1C1(CCCCC1)C(O)CC2. The molecule has 0 saturated heterocycles. The normalized spacial score (nSPS) is 26.8. The lowest BCUT2D eigenvalue weighted by molar-refractivity contribution is 0.0386. The van der Waals surface area contributed by atoms with Gasteiger partial charge in [-0.05, 0) is 49.3 Å². The molecule has 17 heavy (non-hydrogen) atoms. The van der Waals surface area contributed by atoms with Crippen LogP contribution in [-0.2, 0) is 11.8 Å². The third kappa shape index (κ3) is 1.63. The molecular formula is C16H22O. The fourth-order valence-electron chi connectivity index (χ4n) is 4.15. The molecule has 1 saturated carbocycles. The highest BCUT2D eigenvalue weighted by atomic mass is 16.3. The molecule has 1 aromatic carbocycles. The molecule has 0 radical (unpaired) electrons. The molecule has 1 N–H and O–H groups in total. The lowest BCUT2D eigenvalue weighted by atomic mass is 9.60. The maximum absolute atomic E-state index is 10.6. The molecule has 0 aliphatic heterocycles. The smallest absolute Gasteiger partial charge is 0.0640 e. The van der Waals surface area contributed by atoms with E-state index in [1.807, 2.05) is 0 Å². The first-order valence-electron chi connectivity index (χ1n) is 7.01. The van der Waals surface area contributed by atoms with Gasteiger partial charge in [-0.2, -0.15) is 0 Å². The highest BCUT2D eigenvalue weighted by Crippen LogP contribution is 2.48. The van der Waals surface area contributed by atoms with Crippen molar-refractivity contribution in [3.8, 4) is 0 Å². The maximum Gasteiger partial charge on any atom is 0.0640 e. The Balaban J connectivity index is 2.15. The third-order valence-corrected chi connectivity index (χ3v) is 4.93. The summed E-state index contributed by atoms with van der Waals surface area (Å²) < 4.78 is 0. The van der Waals surface area contributed by atoms with E-state index in [0.717, 1.165) is 12.8 Å². The molecule has 1 atom stereocenters. The van der Waals surface area contributed by atoms with Gasteiger partial charge in [0.15, 0.2) is 0 Å². The molecule has 92 valence electrons. The van der Waals surface area contributed by atoms with Crippen LogP contribution in [0.3, 0.4) is 0 Å². The van der Waals surface area contributed by atoms with E-state index < -0.39 is 0 Å². The van der Waals surface area contributed by atoms with Crippen LogP contribution in [0.2, 0.25) is 0 Å². The Hall–Kier alpha value is -0.820. The fraction of sp³-hybridized carbons (Fsp3) is 0.625. The first-order valence-corrected chi connectivity index (χ1v) is 7.01. The van der Waals surface area contributed by atoms with Crippen LogP contribution in [-0.4, -0.2) is 11.2 Å². The zero-order valence-corrected chi connectivity index (χ0v) is 10.7.